The number of ether oxygens (including phenoxy) is 2. The van der Waals surface area contributed by atoms with E-state index in [-0.39, 0.29) is 15.5 Å². The lowest BCUT2D eigenvalue weighted by atomic mass is 10.1. The van der Waals surface area contributed by atoms with Gasteiger partial charge in [-0.2, -0.15) is 0 Å². The number of rotatable bonds is 4. The molecule has 26 heavy (non-hydrogen) atoms. The van der Waals surface area contributed by atoms with Crippen molar-refractivity contribution in [1.29, 1.82) is 0 Å². The van der Waals surface area contributed by atoms with Crippen molar-refractivity contribution in [2.75, 3.05) is 13.4 Å². The highest BCUT2D eigenvalue weighted by atomic mass is 35.5. The molecule has 0 saturated carbocycles. The number of hydrogen-bond acceptors (Lipinski definition) is 5. The quantitative estimate of drug-likeness (QED) is 0.495. The number of halogens is 1. The van der Waals surface area contributed by atoms with Crippen molar-refractivity contribution < 1.29 is 22.7 Å². The van der Waals surface area contributed by atoms with E-state index in [1.165, 1.54) is 18.2 Å². The number of esters is 1. The van der Waals surface area contributed by atoms with E-state index in [9.17, 15) is 13.2 Å². The molecule has 0 bridgehead atoms. The number of hydrogen-bond donors (Lipinski definition) is 0. The molecule has 134 valence electrons. The number of methoxy groups -OCH3 is 1. The first-order valence-electron chi connectivity index (χ1n) is 7.57. The summed E-state index contributed by atoms with van der Waals surface area (Å²) in [7, 11) is -1.98. The first-order chi connectivity index (χ1) is 12.3. The number of sulfone groups is 1. The van der Waals surface area contributed by atoms with E-state index in [0.717, 1.165) is 17.0 Å². The molecule has 5 nitrogen and oxygen atoms in total. The summed E-state index contributed by atoms with van der Waals surface area (Å²) in [6, 6.07) is 14.8. The molecule has 0 aliphatic rings. The molecule has 0 aliphatic carbocycles. The summed E-state index contributed by atoms with van der Waals surface area (Å²) >= 11 is 5.90. The van der Waals surface area contributed by atoms with Gasteiger partial charge in [0.05, 0.1) is 22.6 Å². The second-order valence-electron chi connectivity index (χ2n) is 5.68. The van der Waals surface area contributed by atoms with Gasteiger partial charge < -0.3 is 9.47 Å². The minimum Gasteiger partial charge on any atom is -0.497 e. The molecule has 3 aromatic carbocycles. The molecule has 3 rings (SSSR count). The first kappa shape index (κ1) is 18.2. The van der Waals surface area contributed by atoms with Gasteiger partial charge in [0.15, 0.2) is 9.84 Å². The van der Waals surface area contributed by atoms with Gasteiger partial charge in [0.1, 0.15) is 11.5 Å². The molecular formula is C19H15ClO5S. The van der Waals surface area contributed by atoms with Crippen molar-refractivity contribution >= 4 is 38.2 Å². The number of carbonyl (C=O) groups excluding carboxylic acids is 1. The maximum absolute atomic E-state index is 12.4. The van der Waals surface area contributed by atoms with Gasteiger partial charge >= 0.3 is 5.97 Å². The molecule has 0 atom stereocenters. The van der Waals surface area contributed by atoms with E-state index in [0.29, 0.717) is 11.5 Å². The van der Waals surface area contributed by atoms with Crippen molar-refractivity contribution in [2.45, 2.75) is 4.90 Å². The number of benzene rings is 3. The summed E-state index contributed by atoms with van der Waals surface area (Å²) in [4.78, 5) is 12.3. The fourth-order valence-electron chi connectivity index (χ4n) is 2.47. The SMILES string of the molecule is COc1ccc2ccc(OC(=O)c3ccc(Cl)c(S(C)(=O)=O)c3)cc2c1. The van der Waals surface area contributed by atoms with Crippen molar-refractivity contribution in [2.24, 2.45) is 0 Å². The molecule has 0 aromatic heterocycles. The molecule has 7 heteroatoms. The van der Waals surface area contributed by atoms with Crippen molar-refractivity contribution in [3.8, 4) is 11.5 Å². The molecular weight excluding hydrogens is 376 g/mol. The highest BCUT2D eigenvalue weighted by Gasteiger charge is 2.17. The van der Waals surface area contributed by atoms with Crippen LogP contribution in [-0.4, -0.2) is 27.8 Å². The van der Waals surface area contributed by atoms with Crippen LogP contribution in [0.4, 0.5) is 0 Å². The van der Waals surface area contributed by atoms with Gasteiger partial charge in [-0.05, 0) is 53.2 Å². The Bertz CT molecular complexity index is 1110. The molecule has 0 heterocycles. The Balaban J connectivity index is 1.91. The molecule has 0 fully saturated rings. The van der Waals surface area contributed by atoms with Gasteiger partial charge in [-0.15, -0.1) is 0 Å². The Hall–Kier alpha value is -2.57. The molecule has 0 saturated heterocycles. The Kier molecular flexibility index (Phi) is 4.89. The zero-order valence-electron chi connectivity index (χ0n) is 14.0. The van der Waals surface area contributed by atoms with E-state index in [1.807, 2.05) is 24.3 Å². The van der Waals surface area contributed by atoms with Crippen LogP contribution in [0.2, 0.25) is 5.02 Å². The summed E-state index contributed by atoms with van der Waals surface area (Å²) in [6.07, 6.45) is 1.03. The zero-order valence-corrected chi connectivity index (χ0v) is 15.6. The number of fused-ring (bicyclic) bond motifs is 1. The van der Waals surface area contributed by atoms with E-state index < -0.39 is 15.8 Å². The predicted octanol–water partition coefficient (Wildman–Crippen LogP) is 4.12. The van der Waals surface area contributed by atoms with Gasteiger partial charge in [-0.1, -0.05) is 23.7 Å². The largest absolute Gasteiger partial charge is 0.497 e. The Morgan fingerprint density at radius 1 is 0.923 bits per heavy atom. The first-order valence-corrected chi connectivity index (χ1v) is 9.84. The third-order valence-electron chi connectivity index (χ3n) is 3.80. The summed E-state index contributed by atoms with van der Waals surface area (Å²) in [5, 5.41) is 1.88. The molecule has 0 unspecified atom stereocenters. The summed E-state index contributed by atoms with van der Waals surface area (Å²) < 4.78 is 34.1. The van der Waals surface area contributed by atoms with Crippen LogP contribution in [0.3, 0.4) is 0 Å². The summed E-state index contributed by atoms with van der Waals surface area (Å²) in [6.45, 7) is 0. The Labute approximate surface area is 156 Å². The number of carbonyl (C=O) groups is 1. The van der Waals surface area contributed by atoms with Crippen molar-refractivity contribution in [1.82, 2.24) is 0 Å². The van der Waals surface area contributed by atoms with Crippen molar-refractivity contribution in [3.63, 3.8) is 0 Å². The molecule has 0 radical (unpaired) electrons. The van der Waals surface area contributed by atoms with Gasteiger partial charge in [-0.25, -0.2) is 13.2 Å². The minimum atomic E-state index is -3.55. The van der Waals surface area contributed by atoms with Gasteiger partial charge in [0.25, 0.3) is 0 Å². The van der Waals surface area contributed by atoms with Crippen molar-refractivity contribution in [3.05, 3.63) is 65.2 Å². The topological polar surface area (TPSA) is 69.7 Å². The molecule has 0 spiro atoms. The highest BCUT2D eigenvalue weighted by molar-refractivity contribution is 7.90. The minimum absolute atomic E-state index is 0.0573. The predicted molar refractivity (Wildman–Crippen MR) is 100 cm³/mol. The maximum atomic E-state index is 12.4. The fourth-order valence-corrected chi connectivity index (χ4v) is 3.78. The smallest absolute Gasteiger partial charge is 0.343 e. The molecule has 3 aromatic rings. The van der Waals surface area contributed by atoms with Crippen LogP contribution in [0.1, 0.15) is 10.4 Å². The Morgan fingerprint density at radius 3 is 2.23 bits per heavy atom. The normalized spacial score (nSPS) is 11.3. The standard InChI is InChI=1S/C19H15ClO5S/c1-24-15-6-3-12-4-7-16(10-14(12)9-15)25-19(21)13-5-8-17(20)18(11-13)26(2,22)23/h3-11H,1-2H3. The molecule has 0 amide bonds. The van der Waals surface area contributed by atoms with E-state index >= 15 is 0 Å². The average molecular weight is 391 g/mol. The van der Waals surface area contributed by atoms with Crippen LogP contribution in [-0.2, 0) is 9.84 Å². The third-order valence-corrected chi connectivity index (χ3v) is 5.37. The summed E-state index contributed by atoms with van der Waals surface area (Å²) in [5.74, 6) is 0.358. The average Bonchev–Trinajstić information content (AvgIpc) is 2.60. The van der Waals surface area contributed by atoms with Crippen LogP contribution >= 0.6 is 11.6 Å². The van der Waals surface area contributed by atoms with E-state index in [4.69, 9.17) is 21.1 Å². The van der Waals surface area contributed by atoms with E-state index in [1.54, 1.807) is 19.2 Å². The van der Waals surface area contributed by atoms with Gasteiger partial charge in [-0.3, -0.25) is 0 Å². The van der Waals surface area contributed by atoms with Gasteiger partial charge in [0, 0.05) is 6.26 Å². The second-order valence-corrected chi connectivity index (χ2v) is 8.07. The highest BCUT2D eigenvalue weighted by Crippen LogP contribution is 2.27. The summed E-state index contributed by atoms with van der Waals surface area (Å²) in [5.41, 5.74) is 0.0977. The third kappa shape index (κ3) is 3.81. The lowest BCUT2D eigenvalue weighted by Gasteiger charge is -2.08. The Morgan fingerprint density at radius 2 is 1.58 bits per heavy atom. The van der Waals surface area contributed by atoms with Crippen LogP contribution in [0.5, 0.6) is 11.5 Å². The van der Waals surface area contributed by atoms with Crippen LogP contribution in [0.25, 0.3) is 10.8 Å². The molecule has 0 N–H and O–H groups in total. The van der Waals surface area contributed by atoms with Crippen LogP contribution < -0.4 is 9.47 Å². The monoisotopic (exact) mass is 390 g/mol. The van der Waals surface area contributed by atoms with Gasteiger partial charge in [0.2, 0.25) is 0 Å². The lowest BCUT2D eigenvalue weighted by molar-refractivity contribution is 0.0735. The van der Waals surface area contributed by atoms with Crippen LogP contribution in [0.15, 0.2) is 59.5 Å². The zero-order chi connectivity index (χ0) is 18.9. The van der Waals surface area contributed by atoms with Crippen LogP contribution in [0, 0.1) is 0 Å². The lowest BCUT2D eigenvalue weighted by Crippen LogP contribution is -2.10. The molecule has 0 aliphatic heterocycles. The fraction of sp³-hybridized carbons (Fsp3) is 0.105. The second kappa shape index (κ2) is 6.97. The van der Waals surface area contributed by atoms with E-state index in [2.05, 4.69) is 0 Å². The maximum Gasteiger partial charge on any atom is 0.343 e.